The number of phenolic OH excluding ortho intramolecular Hbond substituents is 1. The number of halogens is 1. The highest BCUT2D eigenvalue weighted by atomic mass is 35.5. The Morgan fingerprint density at radius 1 is 1.15 bits per heavy atom. The van der Waals surface area contributed by atoms with E-state index in [1.165, 1.54) is 18.2 Å². The van der Waals surface area contributed by atoms with Crippen LogP contribution in [-0.4, -0.2) is 10.1 Å². The summed E-state index contributed by atoms with van der Waals surface area (Å²) < 4.78 is 0. The molecule has 0 atom stereocenters. The third-order valence-corrected chi connectivity index (χ3v) is 2.55. The number of hydrogen-bond donors (Lipinski definition) is 2. The van der Waals surface area contributed by atoms with Crippen LogP contribution in [0.3, 0.4) is 0 Å². The van der Waals surface area contributed by atoms with E-state index in [1.54, 1.807) is 24.3 Å². The average Bonchev–Trinajstić information content (AvgIpc) is 2.39. The molecule has 0 spiro atoms. The summed E-state index contributed by atoms with van der Waals surface area (Å²) in [5.74, 6) is -0.124. The molecule has 8 heteroatoms. The number of hydrogen-bond acceptors (Lipinski definition) is 5. The summed E-state index contributed by atoms with van der Waals surface area (Å²) >= 11 is 5.70. The lowest BCUT2D eigenvalue weighted by atomic mass is 10.3. The van der Waals surface area contributed by atoms with E-state index in [9.17, 15) is 15.2 Å². The van der Waals surface area contributed by atoms with Gasteiger partial charge in [-0.15, -0.1) is 15.7 Å². The first-order valence-electron chi connectivity index (χ1n) is 5.46. The second-order valence-electron chi connectivity index (χ2n) is 3.72. The number of nitrogens with zero attached hydrogens (tertiary/aromatic N) is 3. The molecule has 20 heavy (non-hydrogen) atoms. The fraction of sp³-hybridized carbons (Fsp3) is 0. The zero-order valence-corrected chi connectivity index (χ0v) is 10.8. The predicted octanol–water partition coefficient (Wildman–Crippen LogP) is 4.06. The minimum Gasteiger partial charge on any atom is -0.506 e. The first-order valence-corrected chi connectivity index (χ1v) is 5.84. The van der Waals surface area contributed by atoms with Gasteiger partial charge in [0.2, 0.25) is 0 Å². The molecule has 0 aliphatic rings. The predicted molar refractivity (Wildman–Crippen MR) is 74.4 cm³/mol. The van der Waals surface area contributed by atoms with Gasteiger partial charge in [0.1, 0.15) is 22.8 Å². The number of benzene rings is 2. The Hall–Kier alpha value is -2.67. The standard InChI is InChI=1S/C12H9ClN4O3/c13-8-5-6-11(12(18)7-8)15-14-9-3-1-2-4-10(9)16-17(19)20/h1-7,16,18H. The highest BCUT2D eigenvalue weighted by molar-refractivity contribution is 6.30. The van der Waals surface area contributed by atoms with Gasteiger partial charge in [-0.3, -0.25) is 0 Å². The summed E-state index contributed by atoms with van der Waals surface area (Å²) in [5, 5.41) is 27.5. The van der Waals surface area contributed by atoms with Gasteiger partial charge in [-0.2, -0.15) is 0 Å². The van der Waals surface area contributed by atoms with Gasteiger partial charge in [-0.05, 0) is 24.3 Å². The van der Waals surface area contributed by atoms with Crippen LogP contribution in [0.5, 0.6) is 5.75 Å². The summed E-state index contributed by atoms with van der Waals surface area (Å²) in [4.78, 5) is 10.5. The molecular formula is C12H9ClN4O3. The Bertz CT molecular complexity index is 676. The second kappa shape index (κ2) is 5.98. The lowest BCUT2D eigenvalue weighted by molar-refractivity contribution is -0.445. The van der Waals surface area contributed by atoms with Crippen LogP contribution in [0.25, 0.3) is 0 Å². The van der Waals surface area contributed by atoms with E-state index < -0.39 is 5.03 Å². The molecule has 2 rings (SSSR count). The molecule has 0 heterocycles. The van der Waals surface area contributed by atoms with Crippen LogP contribution in [-0.2, 0) is 0 Å². The third-order valence-electron chi connectivity index (χ3n) is 2.32. The quantitative estimate of drug-likeness (QED) is 0.504. The van der Waals surface area contributed by atoms with Gasteiger partial charge in [-0.1, -0.05) is 23.7 Å². The van der Waals surface area contributed by atoms with E-state index in [4.69, 9.17) is 11.6 Å². The number of para-hydroxylation sites is 1. The normalized spacial score (nSPS) is 10.7. The zero-order chi connectivity index (χ0) is 14.5. The fourth-order valence-corrected chi connectivity index (χ4v) is 1.61. The number of rotatable bonds is 4. The van der Waals surface area contributed by atoms with Crippen LogP contribution < -0.4 is 5.43 Å². The van der Waals surface area contributed by atoms with Gasteiger partial charge in [0, 0.05) is 11.1 Å². The SMILES string of the molecule is O=[N+]([O-])Nc1ccccc1N=Nc1ccc(Cl)cc1O. The van der Waals surface area contributed by atoms with E-state index in [2.05, 4.69) is 10.2 Å². The van der Waals surface area contributed by atoms with E-state index in [1.807, 2.05) is 5.43 Å². The van der Waals surface area contributed by atoms with Crippen molar-refractivity contribution in [2.24, 2.45) is 10.2 Å². The van der Waals surface area contributed by atoms with Crippen LogP contribution >= 0.6 is 11.6 Å². The molecule has 0 saturated heterocycles. The monoisotopic (exact) mass is 292 g/mol. The lowest BCUT2D eigenvalue weighted by Crippen LogP contribution is -2.07. The lowest BCUT2D eigenvalue weighted by Gasteiger charge is -2.01. The maximum Gasteiger partial charge on any atom is 0.162 e. The van der Waals surface area contributed by atoms with E-state index in [-0.39, 0.29) is 22.8 Å². The van der Waals surface area contributed by atoms with Gasteiger partial charge < -0.3 is 5.11 Å². The molecule has 0 radical (unpaired) electrons. The molecule has 2 aromatic rings. The van der Waals surface area contributed by atoms with Gasteiger partial charge in [0.25, 0.3) is 0 Å². The van der Waals surface area contributed by atoms with E-state index in [0.29, 0.717) is 5.02 Å². The highest BCUT2D eigenvalue weighted by Crippen LogP contribution is 2.32. The number of hydrazine groups is 1. The summed E-state index contributed by atoms with van der Waals surface area (Å²) in [7, 11) is 0. The van der Waals surface area contributed by atoms with Crippen molar-refractivity contribution in [2.75, 3.05) is 5.43 Å². The number of anilines is 1. The Balaban J connectivity index is 2.29. The van der Waals surface area contributed by atoms with Crippen molar-refractivity contribution < 1.29 is 10.1 Å². The summed E-state index contributed by atoms with van der Waals surface area (Å²) in [6, 6.07) is 10.7. The molecule has 0 amide bonds. The van der Waals surface area contributed by atoms with Crippen molar-refractivity contribution in [3.8, 4) is 5.75 Å². The van der Waals surface area contributed by atoms with Crippen molar-refractivity contribution in [1.82, 2.24) is 0 Å². The molecule has 0 unspecified atom stereocenters. The summed E-state index contributed by atoms with van der Waals surface area (Å²) in [6.45, 7) is 0. The van der Waals surface area contributed by atoms with Crippen LogP contribution in [0, 0.1) is 10.1 Å². The number of nitro groups is 1. The molecule has 2 aromatic carbocycles. The van der Waals surface area contributed by atoms with Crippen LogP contribution in [0.2, 0.25) is 5.02 Å². The number of aromatic hydroxyl groups is 1. The molecule has 7 nitrogen and oxygen atoms in total. The molecule has 0 aromatic heterocycles. The smallest absolute Gasteiger partial charge is 0.162 e. The Morgan fingerprint density at radius 3 is 2.55 bits per heavy atom. The van der Waals surface area contributed by atoms with Gasteiger partial charge in [-0.25, -0.2) is 10.1 Å². The minimum absolute atomic E-state index is 0.124. The number of azo groups is 1. The topological polar surface area (TPSA) is 100 Å². The van der Waals surface area contributed by atoms with Crippen molar-refractivity contribution in [1.29, 1.82) is 0 Å². The van der Waals surface area contributed by atoms with Crippen LogP contribution in [0.15, 0.2) is 52.7 Å². The van der Waals surface area contributed by atoms with Crippen LogP contribution in [0.1, 0.15) is 0 Å². The Labute approximate surface area is 118 Å². The highest BCUT2D eigenvalue weighted by Gasteiger charge is 2.06. The van der Waals surface area contributed by atoms with E-state index in [0.717, 1.165) is 0 Å². The zero-order valence-electron chi connectivity index (χ0n) is 10.0. The van der Waals surface area contributed by atoms with Crippen LogP contribution in [0.4, 0.5) is 17.1 Å². The Kier molecular flexibility index (Phi) is 4.11. The Morgan fingerprint density at radius 2 is 1.85 bits per heavy atom. The number of nitrogens with one attached hydrogen (secondary N) is 1. The second-order valence-corrected chi connectivity index (χ2v) is 4.16. The molecule has 0 aliphatic carbocycles. The molecule has 0 fully saturated rings. The van der Waals surface area contributed by atoms with Crippen molar-refractivity contribution >= 4 is 28.7 Å². The van der Waals surface area contributed by atoms with Crippen molar-refractivity contribution in [3.05, 3.63) is 57.6 Å². The summed E-state index contributed by atoms with van der Waals surface area (Å²) in [6.07, 6.45) is 0. The van der Waals surface area contributed by atoms with Crippen molar-refractivity contribution in [3.63, 3.8) is 0 Å². The first kappa shape index (κ1) is 13.8. The largest absolute Gasteiger partial charge is 0.506 e. The maximum absolute atomic E-state index is 10.5. The third kappa shape index (κ3) is 3.42. The molecular weight excluding hydrogens is 284 g/mol. The first-order chi connectivity index (χ1) is 9.56. The fourth-order valence-electron chi connectivity index (χ4n) is 1.44. The average molecular weight is 293 g/mol. The molecule has 0 saturated carbocycles. The summed E-state index contributed by atoms with van der Waals surface area (Å²) in [5.41, 5.74) is 2.71. The van der Waals surface area contributed by atoms with Crippen molar-refractivity contribution in [2.45, 2.75) is 0 Å². The van der Waals surface area contributed by atoms with Gasteiger partial charge >= 0.3 is 0 Å². The van der Waals surface area contributed by atoms with Gasteiger partial charge in [0.05, 0.1) is 0 Å². The van der Waals surface area contributed by atoms with Gasteiger partial charge in [0.15, 0.2) is 5.03 Å². The maximum atomic E-state index is 10.5. The molecule has 0 aliphatic heterocycles. The molecule has 0 bridgehead atoms. The van der Waals surface area contributed by atoms with E-state index >= 15 is 0 Å². The molecule has 102 valence electrons. The molecule has 2 N–H and O–H groups in total. The number of phenols is 1. The minimum atomic E-state index is -0.686.